The van der Waals surface area contributed by atoms with E-state index in [1.165, 1.54) is 5.56 Å². The molecule has 2 aromatic rings. The third kappa shape index (κ3) is 4.11. The van der Waals surface area contributed by atoms with Crippen molar-refractivity contribution in [3.63, 3.8) is 0 Å². The van der Waals surface area contributed by atoms with Crippen LogP contribution in [0.25, 0.3) is 11.4 Å². The van der Waals surface area contributed by atoms with Crippen molar-refractivity contribution >= 4 is 0 Å². The van der Waals surface area contributed by atoms with Gasteiger partial charge in [-0.1, -0.05) is 44.2 Å². The average Bonchev–Trinajstić information content (AvgIpc) is 2.49. The zero-order valence-corrected chi connectivity index (χ0v) is 13.5. The van der Waals surface area contributed by atoms with E-state index in [0.717, 1.165) is 42.3 Å². The number of aromatic nitrogens is 2. The van der Waals surface area contributed by atoms with Gasteiger partial charge in [0, 0.05) is 17.0 Å². The van der Waals surface area contributed by atoms with Gasteiger partial charge in [0.2, 0.25) is 0 Å². The monoisotopic (exact) mass is 283 g/mol. The summed E-state index contributed by atoms with van der Waals surface area (Å²) in [6, 6.07) is 10.2. The molecule has 0 aliphatic carbocycles. The van der Waals surface area contributed by atoms with Gasteiger partial charge in [-0.25, -0.2) is 9.97 Å². The molecule has 0 bridgehead atoms. The second kappa shape index (κ2) is 7.32. The van der Waals surface area contributed by atoms with Gasteiger partial charge in [0.25, 0.3) is 0 Å². The molecule has 0 saturated heterocycles. The number of nitrogens with one attached hydrogen (secondary N) is 1. The molecule has 1 heterocycles. The molecule has 0 aliphatic heterocycles. The maximum Gasteiger partial charge on any atom is 0.159 e. The number of hydrogen-bond acceptors (Lipinski definition) is 3. The van der Waals surface area contributed by atoms with Crippen molar-refractivity contribution in [1.82, 2.24) is 15.3 Å². The molecule has 1 atom stereocenters. The fourth-order valence-corrected chi connectivity index (χ4v) is 2.56. The van der Waals surface area contributed by atoms with E-state index in [2.05, 4.69) is 45.1 Å². The Kier molecular flexibility index (Phi) is 5.45. The van der Waals surface area contributed by atoms with Gasteiger partial charge >= 0.3 is 0 Å². The molecular formula is C18H25N3. The first kappa shape index (κ1) is 15.6. The molecule has 0 fully saturated rings. The highest BCUT2D eigenvalue weighted by atomic mass is 14.9. The van der Waals surface area contributed by atoms with Crippen molar-refractivity contribution < 1.29 is 0 Å². The first-order valence-corrected chi connectivity index (χ1v) is 7.72. The van der Waals surface area contributed by atoms with Gasteiger partial charge in [-0.15, -0.1) is 0 Å². The van der Waals surface area contributed by atoms with Gasteiger partial charge < -0.3 is 5.32 Å². The summed E-state index contributed by atoms with van der Waals surface area (Å²) in [5.41, 5.74) is 4.57. The van der Waals surface area contributed by atoms with Crippen LogP contribution in [0.4, 0.5) is 0 Å². The molecule has 1 aromatic heterocycles. The van der Waals surface area contributed by atoms with Crippen LogP contribution < -0.4 is 5.32 Å². The van der Waals surface area contributed by atoms with E-state index in [4.69, 9.17) is 9.97 Å². The largest absolute Gasteiger partial charge is 0.317 e. The second-order valence-corrected chi connectivity index (χ2v) is 5.68. The van der Waals surface area contributed by atoms with E-state index in [9.17, 15) is 0 Å². The van der Waals surface area contributed by atoms with Crippen LogP contribution in [0.2, 0.25) is 0 Å². The second-order valence-electron chi connectivity index (χ2n) is 5.68. The molecule has 1 N–H and O–H groups in total. The molecule has 112 valence electrons. The predicted molar refractivity (Wildman–Crippen MR) is 88.4 cm³/mol. The minimum absolute atomic E-state index is 0.591. The Morgan fingerprint density at radius 1 is 1.05 bits per heavy atom. The van der Waals surface area contributed by atoms with Crippen LogP contribution in [0.15, 0.2) is 30.3 Å². The van der Waals surface area contributed by atoms with Gasteiger partial charge in [-0.05, 0) is 44.8 Å². The molecule has 0 radical (unpaired) electrons. The molecule has 0 amide bonds. The van der Waals surface area contributed by atoms with Crippen molar-refractivity contribution in [3.8, 4) is 11.4 Å². The lowest BCUT2D eigenvalue weighted by atomic mass is 9.98. The highest BCUT2D eigenvalue weighted by Crippen LogP contribution is 2.20. The Bertz CT molecular complexity index is 555. The first-order valence-electron chi connectivity index (χ1n) is 7.72. The number of aryl methyl sites for hydroxylation is 2. The van der Waals surface area contributed by atoms with Gasteiger partial charge in [0.1, 0.15) is 0 Å². The molecule has 3 heteroatoms. The topological polar surface area (TPSA) is 37.8 Å². The summed E-state index contributed by atoms with van der Waals surface area (Å²) in [6.45, 7) is 10.7. The zero-order valence-electron chi connectivity index (χ0n) is 13.5. The quantitative estimate of drug-likeness (QED) is 0.881. The Labute approximate surface area is 127 Å². The standard InChI is InChI=1S/C18H25N3/c1-5-19-12-13(2)11-17-14(3)20-18(21-15(17)4)16-9-7-6-8-10-16/h6-10,13,19H,5,11-12H2,1-4H3. The Morgan fingerprint density at radius 3 is 2.24 bits per heavy atom. The summed E-state index contributed by atoms with van der Waals surface area (Å²) in [6.07, 6.45) is 1.03. The molecule has 21 heavy (non-hydrogen) atoms. The van der Waals surface area contributed by atoms with E-state index >= 15 is 0 Å². The molecule has 0 aliphatic rings. The van der Waals surface area contributed by atoms with E-state index in [0.29, 0.717) is 5.92 Å². The highest BCUT2D eigenvalue weighted by Gasteiger charge is 2.12. The number of nitrogens with zero attached hydrogens (tertiary/aromatic N) is 2. The van der Waals surface area contributed by atoms with Crippen LogP contribution in [0.5, 0.6) is 0 Å². The van der Waals surface area contributed by atoms with Gasteiger partial charge in [-0.3, -0.25) is 0 Å². The Balaban J connectivity index is 2.22. The highest BCUT2D eigenvalue weighted by molar-refractivity contribution is 5.55. The van der Waals surface area contributed by atoms with Crippen LogP contribution in [0.3, 0.4) is 0 Å². The summed E-state index contributed by atoms with van der Waals surface area (Å²) in [5.74, 6) is 1.42. The number of benzene rings is 1. The lowest BCUT2D eigenvalue weighted by Gasteiger charge is -2.16. The Hall–Kier alpha value is -1.74. The summed E-state index contributed by atoms with van der Waals surface area (Å²) in [7, 11) is 0. The van der Waals surface area contributed by atoms with Crippen molar-refractivity contribution in [2.45, 2.75) is 34.1 Å². The maximum absolute atomic E-state index is 4.71. The number of hydrogen-bond donors (Lipinski definition) is 1. The van der Waals surface area contributed by atoms with E-state index < -0.39 is 0 Å². The molecule has 1 unspecified atom stereocenters. The summed E-state index contributed by atoms with van der Waals surface area (Å²) in [4.78, 5) is 9.41. The minimum Gasteiger partial charge on any atom is -0.317 e. The SMILES string of the molecule is CCNCC(C)Cc1c(C)nc(-c2ccccc2)nc1C. The summed E-state index contributed by atoms with van der Waals surface area (Å²) in [5, 5.41) is 3.40. The Morgan fingerprint density at radius 2 is 1.67 bits per heavy atom. The molecule has 3 nitrogen and oxygen atoms in total. The minimum atomic E-state index is 0.591. The van der Waals surface area contributed by atoms with E-state index in [1.54, 1.807) is 0 Å². The molecule has 2 rings (SSSR count). The van der Waals surface area contributed by atoms with E-state index in [1.807, 2.05) is 18.2 Å². The lowest BCUT2D eigenvalue weighted by Crippen LogP contribution is -2.22. The van der Waals surface area contributed by atoms with Crippen LogP contribution in [-0.4, -0.2) is 23.1 Å². The van der Waals surface area contributed by atoms with Crippen molar-refractivity contribution in [2.75, 3.05) is 13.1 Å². The van der Waals surface area contributed by atoms with Gasteiger partial charge in [0.15, 0.2) is 5.82 Å². The lowest BCUT2D eigenvalue weighted by molar-refractivity contribution is 0.517. The van der Waals surface area contributed by atoms with Crippen LogP contribution in [0, 0.1) is 19.8 Å². The fourth-order valence-electron chi connectivity index (χ4n) is 2.56. The zero-order chi connectivity index (χ0) is 15.2. The maximum atomic E-state index is 4.71. The van der Waals surface area contributed by atoms with Gasteiger partial charge in [0.05, 0.1) is 0 Å². The fraction of sp³-hybridized carbons (Fsp3) is 0.444. The van der Waals surface area contributed by atoms with Crippen LogP contribution >= 0.6 is 0 Å². The molecule has 0 spiro atoms. The molecule has 0 saturated carbocycles. The van der Waals surface area contributed by atoms with Crippen molar-refractivity contribution in [2.24, 2.45) is 5.92 Å². The van der Waals surface area contributed by atoms with Gasteiger partial charge in [-0.2, -0.15) is 0 Å². The third-order valence-electron chi connectivity index (χ3n) is 3.75. The third-order valence-corrected chi connectivity index (χ3v) is 3.75. The first-order chi connectivity index (χ1) is 10.1. The molecular weight excluding hydrogens is 258 g/mol. The predicted octanol–water partition coefficient (Wildman–Crippen LogP) is 3.55. The van der Waals surface area contributed by atoms with Crippen LogP contribution in [0.1, 0.15) is 30.8 Å². The van der Waals surface area contributed by atoms with Crippen molar-refractivity contribution in [3.05, 3.63) is 47.3 Å². The summed E-state index contributed by atoms with van der Waals surface area (Å²) < 4.78 is 0. The molecule has 1 aromatic carbocycles. The van der Waals surface area contributed by atoms with E-state index in [-0.39, 0.29) is 0 Å². The van der Waals surface area contributed by atoms with Crippen molar-refractivity contribution in [1.29, 1.82) is 0 Å². The van der Waals surface area contributed by atoms with Crippen LogP contribution in [-0.2, 0) is 6.42 Å². The summed E-state index contributed by atoms with van der Waals surface area (Å²) >= 11 is 0. The number of rotatable bonds is 6. The average molecular weight is 283 g/mol. The normalized spacial score (nSPS) is 12.4. The smallest absolute Gasteiger partial charge is 0.159 e.